The highest BCUT2D eigenvalue weighted by molar-refractivity contribution is 7.81. The van der Waals surface area contributed by atoms with E-state index in [2.05, 4.69) is 10.1 Å². The lowest BCUT2D eigenvalue weighted by molar-refractivity contribution is -0.575. The molecule has 0 aliphatic carbocycles. The number of pyridine rings is 1. The van der Waals surface area contributed by atoms with Gasteiger partial charge in [0.15, 0.2) is 23.1 Å². The number of halogens is 2. The Hall–Kier alpha value is -3.92. The lowest BCUT2D eigenvalue weighted by atomic mass is 10.1. The molecule has 158 valence electrons. The second-order valence-electron chi connectivity index (χ2n) is 6.14. The zero-order valence-electron chi connectivity index (χ0n) is 15.8. The van der Waals surface area contributed by atoms with Gasteiger partial charge in [-0.15, -0.1) is 0 Å². The number of alkyl halides is 2. The maximum absolute atomic E-state index is 12.3. The molecule has 0 aliphatic rings. The van der Waals surface area contributed by atoms with Gasteiger partial charge in [0, 0.05) is 35.5 Å². The van der Waals surface area contributed by atoms with Crippen molar-refractivity contribution in [2.24, 2.45) is 0 Å². The molecule has 10 heteroatoms. The molecule has 0 spiro atoms. The predicted molar refractivity (Wildman–Crippen MR) is 115 cm³/mol. The van der Waals surface area contributed by atoms with Crippen LogP contribution in [-0.4, -0.2) is 21.6 Å². The molecule has 7 nitrogen and oxygen atoms in total. The third-order valence-electron chi connectivity index (χ3n) is 4.08. The first-order valence-corrected chi connectivity index (χ1v) is 9.27. The fourth-order valence-corrected chi connectivity index (χ4v) is 3.03. The van der Waals surface area contributed by atoms with Crippen LogP contribution in [-0.2, 0) is 0 Å². The summed E-state index contributed by atoms with van der Waals surface area (Å²) in [6.07, 6.45) is 3.30. The van der Waals surface area contributed by atoms with Gasteiger partial charge in [-0.25, -0.2) is 0 Å². The first kappa shape index (κ1) is 21.8. The van der Waals surface area contributed by atoms with Crippen LogP contribution in [0.1, 0.15) is 5.56 Å². The summed E-state index contributed by atoms with van der Waals surface area (Å²) in [6.45, 7) is -2.93. The molecule has 1 heterocycles. The van der Waals surface area contributed by atoms with E-state index in [4.69, 9.17) is 12.2 Å². The van der Waals surface area contributed by atoms with Crippen LogP contribution >= 0.6 is 12.2 Å². The number of aromatic nitrogens is 1. The van der Waals surface area contributed by atoms with Gasteiger partial charge in [-0.3, -0.25) is 10.1 Å². The van der Waals surface area contributed by atoms with E-state index in [0.717, 1.165) is 0 Å². The molecule has 0 atom stereocenters. The van der Waals surface area contributed by atoms with Crippen molar-refractivity contribution in [3.05, 3.63) is 94.8 Å². The topological polar surface area (TPSA) is 88.5 Å². The van der Waals surface area contributed by atoms with E-state index in [0.29, 0.717) is 5.69 Å². The van der Waals surface area contributed by atoms with Crippen molar-refractivity contribution in [1.82, 2.24) is 0 Å². The van der Waals surface area contributed by atoms with Gasteiger partial charge in [0.2, 0.25) is 0 Å². The van der Waals surface area contributed by atoms with Crippen LogP contribution in [0.15, 0.2) is 79.1 Å². The standard InChI is InChI=1S/C21H15F2N3O4S/c22-21(23)30-17-9-7-15(8-10-17)24-20(31)18(25-11-2-1-3-12-25)19(27)14-5-4-6-16(13-14)26(28)29/h1-13,21H,(H-,24,27,31)/p+1. The van der Waals surface area contributed by atoms with Crippen molar-refractivity contribution in [2.45, 2.75) is 6.61 Å². The van der Waals surface area contributed by atoms with E-state index in [1.807, 2.05) is 0 Å². The van der Waals surface area contributed by atoms with E-state index in [1.165, 1.54) is 48.5 Å². The molecule has 0 radical (unpaired) electrons. The van der Waals surface area contributed by atoms with E-state index in [9.17, 15) is 24.0 Å². The summed E-state index contributed by atoms with van der Waals surface area (Å²) in [5, 5.41) is 25.0. The zero-order valence-corrected chi connectivity index (χ0v) is 16.6. The Morgan fingerprint density at radius 2 is 1.77 bits per heavy atom. The largest absolute Gasteiger partial charge is 0.502 e. The van der Waals surface area contributed by atoms with Gasteiger partial charge in [-0.05, 0) is 24.3 Å². The minimum absolute atomic E-state index is 0.0147. The van der Waals surface area contributed by atoms with Crippen molar-refractivity contribution in [1.29, 1.82) is 0 Å². The summed E-state index contributed by atoms with van der Waals surface area (Å²) in [4.78, 5) is 10.6. The van der Waals surface area contributed by atoms with Crippen LogP contribution < -0.4 is 14.6 Å². The van der Waals surface area contributed by atoms with Gasteiger partial charge in [-0.1, -0.05) is 30.4 Å². The van der Waals surface area contributed by atoms with Gasteiger partial charge in [0.05, 0.1) is 4.92 Å². The highest BCUT2D eigenvalue weighted by atomic mass is 32.1. The summed E-state index contributed by atoms with van der Waals surface area (Å²) in [7, 11) is 0. The van der Waals surface area contributed by atoms with Crippen LogP contribution in [0.25, 0.3) is 11.5 Å². The molecule has 0 aliphatic heterocycles. The zero-order chi connectivity index (χ0) is 22.4. The average Bonchev–Trinajstić information content (AvgIpc) is 2.75. The van der Waals surface area contributed by atoms with E-state index in [1.54, 1.807) is 35.2 Å². The monoisotopic (exact) mass is 444 g/mol. The van der Waals surface area contributed by atoms with Crippen LogP contribution in [0.2, 0.25) is 0 Å². The van der Waals surface area contributed by atoms with Crippen LogP contribution in [0.3, 0.4) is 0 Å². The number of aliphatic hydroxyl groups excluding tert-OH is 1. The van der Waals surface area contributed by atoms with Gasteiger partial charge >= 0.3 is 6.61 Å². The molecule has 0 unspecified atom stereocenters. The van der Waals surface area contributed by atoms with E-state index >= 15 is 0 Å². The number of nitrogens with one attached hydrogen (secondary N) is 1. The van der Waals surface area contributed by atoms with Gasteiger partial charge < -0.3 is 15.2 Å². The Morgan fingerprint density at radius 1 is 1.10 bits per heavy atom. The first-order chi connectivity index (χ1) is 14.8. The van der Waals surface area contributed by atoms with Crippen LogP contribution in [0, 0.1) is 10.1 Å². The van der Waals surface area contributed by atoms with Crippen molar-refractivity contribution < 1.29 is 28.1 Å². The minimum atomic E-state index is -2.93. The quantitative estimate of drug-likeness (QED) is 0.136. The number of hydrogen-bond acceptors (Lipinski definition) is 5. The number of nitro benzene ring substituents is 1. The number of rotatable bonds is 7. The number of ether oxygens (including phenoxy) is 1. The number of nitro groups is 1. The van der Waals surface area contributed by atoms with Crippen LogP contribution in [0.4, 0.5) is 20.2 Å². The fourth-order valence-electron chi connectivity index (χ4n) is 2.71. The molecule has 0 bridgehead atoms. The maximum Gasteiger partial charge on any atom is 0.387 e. The Labute approximate surface area is 181 Å². The molecule has 2 N–H and O–H groups in total. The number of nitrogens with zero attached hydrogens (tertiary/aromatic N) is 2. The summed E-state index contributed by atoms with van der Waals surface area (Å²) in [6, 6.07) is 16.4. The number of benzene rings is 2. The number of aliphatic hydroxyl groups is 1. The summed E-state index contributed by atoms with van der Waals surface area (Å²) < 4.78 is 30.5. The van der Waals surface area contributed by atoms with Crippen molar-refractivity contribution in [3.63, 3.8) is 0 Å². The lowest BCUT2D eigenvalue weighted by Gasteiger charge is -2.11. The first-order valence-electron chi connectivity index (χ1n) is 8.86. The molecule has 31 heavy (non-hydrogen) atoms. The highest BCUT2D eigenvalue weighted by Crippen LogP contribution is 2.23. The number of hydrogen-bond donors (Lipinski definition) is 2. The highest BCUT2D eigenvalue weighted by Gasteiger charge is 2.24. The Kier molecular flexibility index (Phi) is 6.83. The minimum Gasteiger partial charge on any atom is -0.502 e. The predicted octanol–water partition coefficient (Wildman–Crippen LogP) is 4.81. The molecule has 0 saturated carbocycles. The second kappa shape index (κ2) is 9.72. The SMILES string of the molecule is O=[N+]([O-])c1cccc(/C(O)=C(\C(=S)Nc2ccc(OC(F)F)cc2)[n+]2ccccc2)c1. The third-order valence-corrected chi connectivity index (χ3v) is 4.38. The molecular weight excluding hydrogens is 428 g/mol. The lowest BCUT2D eigenvalue weighted by Crippen LogP contribution is -2.38. The van der Waals surface area contributed by atoms with Gasteiger partial charge in [0.1, 0.15) is 5.75 Å². The molecule has 2 aromatic carbocycles. The number of non-ortho nitro benzene ring substituents is 1. The van der Waals surface area contributed by atoms with Crippen molar-refractivity contribution in [2.75, 3.05) is 5.32 Å². The van der Waals surface area contributed by atoms with Crippen LogP contribution in [0.5, 0.6) is 5.75 Å². The third kappa shape index (κ3) is 5.58. The van der Waals surface area contributed by atoms with Crippen molar-refractivity contribution >= 4 is 40.0 Å². The van der Waals surface area contributed by atoms with E-state index < -0.39 is 11.5 Å². The number of anilines is 1. The second-order valence-corrected chi connectivity index (χ2v) is 6.55. The molecule has 1 aromatic heterocycles. The molecular formula is C21H16F2N3O4S+. The van der Waals surface area contributed by atoms with Gasteiger partial charge in [0.25, 0.3) is 11.4 Å². The maximum atomic E-state index is 12.3. The molecule has 0 saturated heterocycles. The molecule has 3 aromatic rings. The Bertz CT molecular complexity index is 1120. The Balaban J connectivity index is 1.98. The van der Waals surface area contributed by atoms with Crippen molar-refractivity contribution in [3.8, 4) is 5.75 Å². The summed E-state index contributed by atoms with van der Waals surface area (Å²) in [5.41, 5.74) is 0.650. The number of thiocarbonyl (C=S) groups is 1. The van der Waals surface area contributed by atoms with E-state index in [-0.39, 0.29) is 33.4 Å². The normalized spacial score (nSPS) is 11.6. The molecule has 3 rings (SSSR count). The van der Waals surface area contributed by atoms with Gasteiger partial charge in [-0.2, -0.15) is 13.3 Å². The fraction of sp³-hybridized carbons (Fsp3) is 0.0476. The smallest absolute Gasteiger partial charge is 0.387 e. The molecule has 0 fully saturated rings. The summed E-state index contributed by atoms with van der Waals surface area (Å²) >= 11 is 5.47. The summed E-state index contributed by atoms with van der Waals surface area (Å²) in [5.74, 6) is -0.297. The molecule has 0 amide bonds. The Morgan fingerprint density at radius 3 is 2.39 bits per heavy atom. The average molecular weight is 444 g/mol.